The Hall–Kier alpha value is -4.93. The number of hydrogen-bond acceptors (Lipinski definition) is 15. The highest BCUT2D eigenvalue weighted by Crippen LogP contribution is 2.67. The monoisotopic (exact) mass is 742 g/mol. The number of cyclic esters (lactones) is 1. The average molecular weight is 743 g/mol. The Labute approximate surface area is 298 Å². The number of esters is 3. The molecule has 4 aliphatic rings. The van der Waals surface area contributed by atoms with Crippen LogP contribution >= 0.6 is 0 Å². The van der Waals surface area contributed by atoms with Gasteiger partial charge >= 0.3 is 28.8 Å². The predicted molar refractivity (Wildman–Crippen MR) is 171 cm³/mol. The van der Waals surface area contributed by atoms with E-state index in [1.54, 1.807) is 6.07 Å². The van der Waals surface area contributed by atoms with E-state index in [1.807, 2.05) is 13.8 Å². The molecule has 1 unspecified atom stereocenters. The van der Waals surface area contributed by atoms with Gasteiger partial charge in [0, 0.05) is 30.6 Å². The van der Waals surface area contributed by atoms with Crippen molar-refractivity contribution >= 4 is 45.6 Å². The highest BCUT2D eigenvalue weighted by atomic mass is 32.2. The van der Waals surface area contributed by atoms with Crippen molar-refractivity contribution in [2.24, 2.45) is 34.0 Å². The normalized spacial score (nSPS) is 29.3. The van der Waals surface area contributed by atoms with Gasteiger partial charge in [0.2, 0.25) is 0 Å². The molecule has 278 valence electrons. The van der Waals surface area contributed by atoms with E-state index >= 15 is 0 Å². The van der Waals surface area contributed by atoms with Crippen molar-refractivity contribution in [2.75, 3.05) is 19.8 Å². The fourth-order valence-electron chi connectivity index (χ4n) is 8.63. The van der Waals surface area contributed by atoms with Gasteiger partial charge in [-0.15, -0.1) is 0 Å². The van der Waals surface area contributed by atoms with E-state index in [2.05, 4.69) is 16.4 Å². The van der Waals surface area contributed by atoms with Crippen LogP contribution in [0, 0.1) is 39.2 Å². The second kappa shape index (κ2) is 13.6. The molecular weight excluding hydrogens is 704 g/mol. The van der Waals surface area contributed by atoms with Crippen molar-refractivity contribution in [1.82, 2.24) is 5.16 Å². The summed E-state index contributed by atoms with van der Waals surface area (Å²) in [5.41, 5.74) is -4.06. The molecule has 0 N–H and O–H groups in total. The number of benzene rings is 1. The molecule has 6 atom stereocenters. The lowest BCUT2D eigenvalue weighted by Gasteiger charge is -2.59. The molecule has 4 fully saturated rings. The van der Waals surface area contributed by atoms with Gasteiger partial charge in [-0.25, -0.2) is 8.42 Å². The Bertz CT molecular complexity index is 1940. The fourth-order valence-corrected chi connectivity index (χ4v) is 9.92. The number of rotatable bonds is 12. The zero-order valence-corrected chi connectivity index (χ0v) is 29.4. The van der Waals surface area contributed by atoms with Crippen LogP contribution in [0.4, 0.5) is 0 Å². The van der Waals surface area contributed by atoms with Crippen LogP contribution in [0.15, 0.2) is 57.0 Å². The first-order chi connectivity index (χ1) is 24.6. The first kappa shape index (κ1) is 36.8. The van der Waals surface area contributed by atoms with Crippen LogP contribution < -0.4 is 9.64 Å². The number of ether oxygens (including phenoxy) is 4. The third-order valence-corrected chi connectivity index (χ3v) is 12.9. The van der Waals surface area contributed by atoms with Crippen LogP contribution in [0.3, 0.4) is 0 Å². The lowest BCUT2D eigenvalue weighted by molar-refractivity contribution is -0.832. The zero-order valence-electron chi connectivity index (χ0n) is 28.6. The quantitative estimate of drug-likeness (QED) is 0.0577. The molecule has 1 saturated heterocycles. The Kier molecular flexibility index (Phi) is 9.61. The van der Waals surface area contributed by atoms with Gasteiger partial charge in [-0.3, -0.25) is 28.6 Å². The van der Waals surface area contributed by atoms with E-state index < -0.39 is 97.4 Å². The van der Waals surface area contributed by atoms with Gasteiger partial charge in [-0.1, -0.05) is 38.6 Å². The minimum atomic E-state index is -4.32. The van der Waals surface area contributed by atoms with Gasteiger partial charge in [-0.05, 0) is 47.3 Å². The SMILES string of the molecule is C=C1C(=O)[C@@]23C(=O)OC[C@]4(C(=O)CCC(C)(C)[C@H]4C=O)C2CC[C@@H]1[C@H]3OC(=O)CCC(=O)OCCCOc1no[n+]([O-])c1S(=O)(=O)c1ccccc1. The number of carbonyl (C=O) groups excluding carboxylic acids is 6. The van der Waals surface area contributed by atoms with Gasteiger partial charge in [0.05, 0.1) is 41.5 Å². The smallest absolute Gasteiger partial charge is 0.414 e. The second-order valence-electron chi connectivity index (χ2n) is 14.3. The van der Waals surface area contributed by atoms with E-state index in [4.69, 9.17) is 18.9 Å². The molecule has 2 heterocycles. The minimum absolute atomic E-state index is 0.0474. The van der Waals surface area contributed by atoms with Crippen LogP contribution in [-0.2, 0) is 52.8 Å². The molecule has 0 radical (unpaired) electrons. The van der Waals surface area contributed by atoms with Gasteiger partial charge in [0.15, 0.2) is 11.2 Å². The number of ketones is 2. The van der Waals surface area contributed by atoms with Crippen LogP contribution in [0.1, 0.15) is 58.8 Å². The maximum Gasteiger partial charge on any atom is 0.414 e. The molecule has 17 heteroatoms. The van der Waals surface area contributed by atoms with Gasteiger partial charge in [-0.2, -0.15) is 0 Å². The van der Waals surface area contributed by atoms with Crippen LogP contribution in [0.25, 0.3) is 0 Å². The molecule has 1 aromatic heterocycles. The number of nitrogens with zero attached hydrogens (tertiary/aromatic N) is 2. The first-order valence-electron chi connectivity index (χ1n) is 16.9. The lowest BCUT2D eigenvalue weighted by Crippen LogP contribution is -2.70. The summed E-state index contributed by atoms with van der Waals surface area (Å²) in [6.45, 7) is 6.86. The molecule has 2 spiro atoms. The molecule has 1 aliphatic heterocycles. The van der Waals surface area contributed by atoms with E-state index in [9.17, 15) is 42.4 Å². The topological polar surface area (TPSA) is 226 Å². The Morgan fingerprint density at radius 3 is 2.52 bits per heavy atom. The summed E-state index contributed by atoms with van der Waals surface area (Å²) in [4.78, 5) is 79.2. The maximum atomic E-state index is 14.0. The standard InChI is InChI=1S/C35H38N2O14S/c1-20-22-10-11-23-34(24(18-38)33(2,3)15-14-25(34)39)19-49-32(43)35(23,28(20)42)29(22)50-27(41)13-12-26(40)47-16-7-17-48-30-31(37(44)51-36-30)52(45,46)21-8-5-4-6-9-21/h4-6,8-9,18,22-24,29H,1,7,10-17,19H2,2-3H3/t22-,23?,24+,29+,34-,35-/m0/s1. The van der Waals surface area contributed by atoms with Gasteiger partial charge in [0.1, 0.15) is 24.8 Å². The van der Waals surface area contributed by atoms with Gasteiger partial charge < -0.3 is 28.9 Å². The summed E-state index contributed by atoms with van der Waals surface area (Å²) in [6.07, 6.45) is -0.342. The third kappa shape index (κ3) is 5.69. The number of Topliss-reactive ketones (excluding diaryl/α,β-unsaturated/α-hetero) is 2. The summed E-state index contributed by atoms with van der Waals surface area (Å²) >= 11 is 0. The molecule has 16 nitrogen and oxygen atoms in total. The number of aromatic nitrogens is 2. The van der Waals surface area contributed by atoms with Crippen LogP contribution in [0.2, 0.25) is 0 Å². The number of carbonyl (C=O) groups is 6. The summed E-state index contributed by atoms with van der Waals surface area (Å²) < 4.78 is 52.1. The van der Waals surface area contributed by atoms with E-state index in [1.165, 1.54) is 24.3 Å². The van der Waals surface area contributed by atoms with Crippen molar-refractivity contribution in [1.29, 1.82) is 0 Å². The van der Waals surface area contributed by atoms with E-state index in [0.717, 1.165) is 0 Å². The highest BCUT2D eigenvalue weighted by molar-refractivity contribution is 7.91. The lowest BCUT2D eigenvalue weighted by atomic mass is 9.44. The summed E-state index contributed by atoms with van der Waals surface area (Å²) in [6, 6.07) is 7.13. The van der Waals surface area contributed by atoms with Crippen LogP contribution in [-0.4, -0.2) is 75.3 Å². The number of fused-ring (bicyclic) bond motifs is 2. The molecule has 3 aliphatic carbocycles. The molecule has 6 rings (SSSR count). The Morgan fingerprint density at radius 1 is 1.10 bits per heavy atom. The number of sulfone groups is 1. The van der Waals surface area contributed by atoms with Gasteiger partial charge in [0.25, 0.3) is 9.84 Å². The van der Waals surface area contributed by atoms with E-state index in [0.29, 0.717) is 12.7 Å². The van der Waals surface area contributed by atoms with Crippen LogP contribution in [0.5, 0.6) is 5.88 Å². The predicted octanol–water partition coefficient (Wildman–Crippen LogP) is 2.04. The van der Waals surface area contributed by atoms with Crippen molar-refractivity contribution in [2.45, 2.75) is 74.8 Å². The van der Waals surface area contributed by atoms with Crippen molar-refractivity contribution < 1.29 is 65.7 Å². The average Bonchev–Trinajstić information content (AvgIpc) is 3.54. The fraction of sp³-hybridized carbons (Fsp3) is 0.543. The molecule has 2 aromatic rings. The molecule has 3 saturated carbocycles. The third-order valence-electron chi connectivity index (χ3n) is 11.1. The Balaban J connectivity index is 1.06. The number of aldehydes is 1. The van der Waals surface area contributed by atoms with Crippen molar-refractivity contribution in [3.63, 3.8) is 0 Å². The van der Waals surface area contributed by atoms with E-state index in [-0.39, 0.29) is 66.7 Å². The largest absolute Gasteiger partial charge is 0.466 e. The molecule has 2 bridgehead atoms. The molecule has 0 amide bonds. The maximum absolute atomic E-state index is 14.0. The number of hydrogen-bond donors (Lipinski definition) is 0. The summed E-state index contributed by atoms with van der Waals surface area (Å²) in [7, 11) is -4.32. The first-order valence-corrected chi connectivity index (χ1v) is 18.4. The zero-order chi connectivity index (χ0) is 37.6. The molecule has 52 heavy (non-hydrogen) atoms. The summed E-state index contributed by atoms with van der Waals surface area (Å²) in [5.74, 6) is -6.62. The Morgan fingerprint density at radius 2 is 1.81 bits per heavy atom. The molecular formula is C35H38N2O14S. The summed E-state index contributed by atoms with van der Waals surface area (Å²) in [5, 5.41) is 14.6. The highest BCUT2D eigenvalue weighted by Gasteiger charge is 2.78. The second-order valence-corrected chi connectivity index (χ2v) is 16.2. The molecule has 1 aromatic carbocycles. The minimum Gasteiger partial charge on any atom is -0.466 e. The van der Waals surface area contributed by atoms with Crippen molar-refractivity contribution in [3.8, 4) is 5.88 Å². The van der Waals surface area contributed by atoms with Crippen molar-refractivity contribution in [3.05, 3.63) is 47.7 Å².